The Balaban J connectivity index is 2.20. The zero-order valence-electron chi connectivity index (χ0n) is 15.2. The molecule has 2 amide bonds. The van der Waals surface area contributed by atoms with Crippen LogP contribution in [0, 0.1) is 0 Å². The van der Waals surface area contributed by atoms with Crippen LogP contribution in [0.4, 0.5) is 0 Å². The Labute approximate surface area is 154 Å². The van der Waals surface area contributed by atoms with Gasteiger partial charge in [0.15, 0.2) is 0 Å². The van der Waals surface area contributed by atoms with Gasteiger partial charge in [-0.05, 0) is 24.0 Å². The van der Waals surface area contributed by atoms with Crippen LogP contribution in [0.25, 0.3) is 0 Å². The van der Waals surface area contributed by atoms with Gasteiger partial charge in [-0.3, -0.25) is 9.59 Å². The zero-order valence-corrected chi connectivity index (χ0v) is 15.2. The lowest BCUT2D eigenvalue weighted by molar-refractivity contribution is -0.121. The van der Waals surface area contributed by atoms with E-state index in [9.17, 15) is 14.7 Å². The van der Waals surface area contributed by atoms with Crippen molar-refractivity contribution in [3.05, 3.63) is 71.8 Å². The molecule has 26 heavy (non-hydrogen) atoms. The molecule has 0 saturated carbocycles. The number of hydrogen-bond acceptors (Lipinski definition) is 3. The van der Waals surface area contributed by atoms with E-state index in [1.54, 1.807) is 0 Å². The van der Waals surface area contributed by atoms with Crippen molar-refractivity contribution in [2.75, 3.05) is 0 Å². The largest absolute Gasteiger partial charge is 0.389 e. The van der Waals surface area contributed by atoms with E-state index in [-0.39, 0.29) is 11.8 Å². The normalized spacial score (nSPS) is 14.1. The zero-order chi connectivity index (χ0) is 18.9. The summed E-state index contributed by atoms with van der Waals surface area (Å²) < 4.78 is 0. The number of aliphatic hydroxyl groups excluding tert-OH is 1. The highest BCUT2D eigenvalue weighted by Crippen LogP contribution is 2.13. The van der Waals surface area contributed by atoms with Gasteiger partial charge in [-0.15, -0.1) is 0 Å². The number of carbonyl (C=O) groups excluding carboxylic acids is 2. The summed E-state index contributed by atoms with van der Waals surface area (Å²) in [5.41, 5.74) is 2.01. The summed E-state index contributed by atoms with van der Waals surface area (Å²) in [7, 11) is 0. The van der Waals surface area contributed by atoms with Crippen molar-refractivity contribution in [3.8, 4) is 0 Å². The van der Waals surface area contributed by atoms with E-state index in [2.05, 4.69) is 10.6 Å². The summed E-state index contributed by atoms with van der Waals surface area (Å²) >= 11 is 0. The number of amides is 2. The molecule has 0 bridgehead atoms. The molecule has 0 aliphatic carbocycles. The van der Waals surface area contributed by atoms with Crippen molar-refractivity contribution in [1.29, 1.82) is 0 Å². The van der Waals surface area contributed by atoms with E-state index >= 15 is 0 Å². The Morgan fingerprint density at radius 2 is 1.12 bits per heavy atom. The van der Waals surface area contributed by atoms with Crippen molar-refractivity contribution >= 4 is 11.8 Å². The highest BCUT2D eigenvalue weighted by atomic mass is 16.3. The molecule has 0 aromatic heterocycles. The molecule has 0 radical (unpaired) electrons. The summed E-state index contributed by atoms with van der Waals surface area (Å²) in [6, 6.07) is 18.3. The van der Waals surface area contributed by atoms with E-state index < -0.39 is 18.2 Å². The first-order chi connectivity index (χ1) is 12.5. The molecular weight excluding hydrogens is 328 g/mol. The summed E-state index contributed by atoms with van der Waals surface area (Å²) in [6.07, 6.45) is 0.0297. The second-order valence-electron chi connectivity index (χ2n) is 6.48. The lowest BCUT2D eigenvalue weighted by atomic mass is 9.92. The highest BCUT2D eigenvalue weighted by molar-refractivity contribution is 5.74. The Kier molecular flexibility index (Phi) is 7.36. The number of aliphatic hydroxyl groups is 1. The van der Waals surface area contributed by atoms with Gasteiger partial charge in [0.2, 0.25) is 11.8 Å². The second-order valence-corrected chi connectivity index (χ2v) is 6.48. The number of hydrogen-bond donors (Lipinski definition) is 3. The van der Waals surface area contributed by atoms with Crippen LogP contribution in [-0.2, 0) is 22.4 Å². The van der Waals surface area contributed by atoms with Crippen molar-refractivity contribution in [1.82, 2.24) is 10.6 Å². The van der Waals surface area contributed by atoms with Crippen LogP contribution in [0.2, 0.25) is 0 Å². The Morgan fingerprint density at radius 1 is 0.769 bits per heavy atom. The van der Waals surface area contributed by atoms with Gasteiger partial charge in [0.25, 0.3) is 0 Å². The third-order valence-corrected chi connectivity index (χ3v) is 4.20. The smallest absolute Gasteiger partial charge is 0.217 e. The Morgan fingerprint density at radius 3 is 1.42 bits per heavy atom. The monoisotopic (exact) mass is 354 g/mol. The molecule has 138 valence electrons. The predicted octanol–water partition coefficient (Wildman–Crippen LogP) is 1.84. The van der Waals surface area contributed by atoms with E-state index in [1.165, 1.54) is 13.8 Å². The van der Waals surface area contributed by atoms with Gasteiger partial charge >= 0.3 is 0 Å². The molecule has 2 unspecified atom stereocenters. The van der Waals surface area contributed by atoms with Gasteiger partial charge in [-0.25, -0.2) is 0 Å². The molecule has 0 heterocycles. The van der Waals surface area contributed by atoms with Crippen molar-refractivity contribution in [3.63, 3.8) is 0 Å². The summed E-state index contributed by atoms with van der Waals surface area (Å²) in [5, 5.41) is 16.6. The van der Waals surface area contributed by atoms with Crippen LogP contribution in [-0.4, -0.2) is 35.1 Å². The molecule has 0 aliphatic rings. The predicted molar refractivity (Wildman–Crippen MR) is 102 cm³/mol. The van der Waals surface area contributed by atoms with E-state index in [0.717, 1.165) is 11.1 Å². The minimum absolute atomic E-state index is 0.216. The molecule has 0 fully saturated rings. The fourth-order valence-electron chi connectivity index (χ4n) is 3.05. The fourth-order valence-corrected chi connectivity index (χ4v) is 3.05. The SMILES string of the molecule is CC(=O)NC(Cc1ccccc1)C(O)C(Cc1ccccc1)NC(C)=O. The first-order valence-corrected chi connectivity index (χ1v) is 8.76. The summed E-state index contributed by atoms with van der Waals surface area (Å²) in [4.78, 5) is 23.3. The van der Waals surface area contributed by atoms with Gasteiger partial charge in [-0.2, -0.15) is 0 Å². The van der Waals surface area contributed by atoms with E-state index in [1.807, 2.05) is 60.7 Å². The number of nitrogens with one attached hydrogen (secondary N) is 2. The molecule has 2 aromatic rings. The van der Waals surface area contributed by atoms with Crippen molar-refractivity contribution < 1.29 is 14.7 Å². The second kappa shape index (κ2) is 9.73. The number of benzene rings is 2. The summed E-state index contributed by atoms with van der Waals surface area (Å²) in [6.45, 7) is 2.85. The van der Waals surface area contributed by atoms with Crippen molar-refractivity contribution in [2.24, 2.45) is 0 Å². The standard InChI is InChI=1S/C21H26N2O3/c1-15(24)22-19(13-17-9-5-3-6-10-17)21(26)20(23-16(2)25)14-18-11-7-4-8-12-18/h3-12,19-21,26H,13-14H2,1-2H3,(H,22,24)(H,23,25). The molecule has 2 rings (SSSR count). The van der Waals surface area contributed by atoms with E-state index in [0.29, 0.717) is 12.8 Å². The van der Waals surface area contributed by atoms with Crippen LogP contribution >= 0.6 is 0 Å². The molecule has 0 saturated heterocycles. The molecule has 5 heteroatoms. The molecule has 0 aliphatic heterocycles. The molecule has 2 atom stereocenters. The lowest BCUT2D eigenvalue weighted by Gasteiger charge is -2.31. The van der Waals surface area contributed by atoms with E-state index in [4.69, 9.17) is 0 Å². The minimum atomic E-state index is -0.928. The quantitative estimate of drug-likeness (QED) is 0.677. The molecule has 5 nitrogen and oxygen atoms in total. The van der Waals surface area contributed by atoms with Gasteiger partial charge in [0.1, 0.15) is 0 Å². The third kappa shape index (κ3) is 6.33. The van der Waals surface area contributed by atoms with Crippen LogP contribution in [0.15, 0.2) is 60.7 Å². The van der Waals surface area contributed by atoms with Gasteiger partial charge < -0.3 is 15.7 Å². The van der Waals surface area contributed by atoms with Crippen molar-refractivity contribution in [2.45, 2.75) is 44.9 Å². The maximum absolute atomic E-state index is 11.6. The molecular formula is C21H26N2O3. The summed E-state index contributed by atoms with van der Waals surface area (Å²) in [5.74, 6) is -0.433. The van der Waals surface area contributed by atoms with Gasteiger partial charge in [0.05, 0.1) is 18.2 Å². The lowest BCUT2D eigenvalue weighted by Crippen LogP contribution is -2.55. The van der Waals surface area contributed by atoms with Gasteiger partial charge in [-0.1, -0.05) is 60.7 Å². The molecule has 0 spiro atoms. The topological polar surface area (TPSA) is 78.4 Å². The molecule has 2 aromatic carbocycles. The van der Waals surface area contributed by atoms with Crippen LogP contribution in [0.5, 0.6) is 0 Å². The first-order valence-electron chi connectivity index (χ1n) is 8.76. The number of rotatable bonds is 8. The Bertz CT molecular complexity index is 642. The number of carbonyl (C=O) groups is 2. The highest BCUT2D eigenvalue weighted by Gasteiger charge is 2.29. The first kappa shape index (κ1) is 19.7. The maximum Gasteiger partial charge on any atom is 0.217 e. The fraction of sp³-hybridized carbons (Fsp3) is 0.333. The minimum Gasteiger partial charge on any atom is -0.389 e. The average molecular weight is 354 g/mol. The third-order valence-electron chi connectivity index (χ3n) is 4.20. The molecule has 3 N–H and O–H groups in total. The van der Waals surface area contributed by atoms with Crippen LogP contribution in [0.3, 0.4) is 0 Å². The Hall–Kier alpha value is -2.66. The van der Waals surface area contributed by atoms with Crippen LogP contribution in [0.1, 0.15) is 25.0 Å². The maximum atomic E-state index is 11.6. The van der Waals surface area contributed by atoms with Crippen LogP contribution < -0.4 is 10.6 Å². The van der Waals surface area contributed by atoms with Gasteiger partial charge in [0, 0.05) is 13.8 Å². The average Bonchev–Trinajstić information content (AvgIpc) is 2.61.